The zero-order chi connectivity index (χ0) is 18.0. The summed E-state index contributed by atoms with van der Waals surface area (Å²) in [4.78, 5) is 25.3. The lowest BCUT2D eigenvalue weighted by Gasteiger charge is -2.34. The van der Waals surface area contributed by atoms with Crippen LogP contribution in [0.4, 0.5) is 5.95 Å². The van der Waals surface area contributed by atoms with Gasteiger partial charge in [-0.3, -0.25) is 9.69 Å². The summed E-state index contributed by atoms with van der Waals surface area (Å²) in [6, 6.07) is 1.85. The molecule has 2 heterocycles. The molecule has 1 saturated carbocycles. The van der Waals surface area contributed by atoms with Crippen molar-refractivity contribution in [1.82, 2.24) is 20.2 Å². The molecule has 26 heavy (non-hydrogen) atoms. The van der Waals surface area contributed by atoms with Gasteiger partial charge in [-0.05, 0) is 31.4 Å². The van der Waals surface area contributed by atoms with Gasteiger partial charge in [0.2, 0.25) is 11.9 Å². The Kier molecular flexibility index (Phi) is 7.67. The fourth-order valence-electron chi connectivity index (χ4n) is 4.06. The van der Waals surface area contributed by atoms with Gasteiger partial charge in [0, 0.05) is 51.5 Å². The molecule has 1 N–H and O–H groups in total. The predicted octanol–water partition coefficient (Wildman–Crippen LogP) is 2.47. The van der Waals surface area contributed by atoms with Crippen LogP contribution in [0.2, 0.25) is 0 Å². The summed E-state index contributed by atoms with van der Waals surface area (Å²) in [5.41, 5.74) is 0. The number of piperazine rings is 1. The lowest BCUT2D eigenvalue weighted by molar-refractivity contribution is -0.121. The van der Waals surface area contributed by atoms with E-state index in [1.807, 2.05) is 6.07 Å². The highest BCUT2D eigenvalue weighted by Crippen LogP contribution is 2.27. The van der Waals surface area contributed by atoms with Gasteiger partial charge in [0.05, 0.1) is 0 Å². The first-order valence-corrected chi connectivity index (χ1v) is 10.3. The second kappa shape index (κ2) is 10.5. The summed E-state index contributed by atoms with van der Waals surface area (Å²) in [5.74, 6) is 1.86. The van der Waals surface area contributed by atoms with Crippen molar-refractivity contribution in [3.8, 4) is 0 Å². The first-order chi connectivity index (χ1) is 12.8. The maximum atomic E-state index is 12.0. The lowest BCUT2D eigenvalue weighted by atomic mass is 9.86. The van der Waals surface area contributed by atoms with Crippen molar-refractivity contribution in [2.24, 2.45) is 5.92 Å². The molecule has 0 aromatic carbocycles. The van der Waals surface area contributed by atoms with Gasteiger partial charge in [0.15, 0.2) is 0 Å². The van der Waals surface area contributed by atoms with Crippen LogP contribution in [-0.2, 0) is 4.79 Å². The lowest BCUT2D eigenvalue weighted by Crippen LogP contribution is -2.47. The van der Waals surface area contributed by atoms with E-state index in [-0.39, 0.29) is 5.91 Å². The van der Waals surface area contributed by atoms with E-state index in [1.54, 1.807) is 12.4 Å². The smallest absolute Gasteiger partial charge is 0.225 e. The standard InChI is InChI=1S/C20H33N5O/c26-19(9-8-18-6-2-1-3-7-18)21-12-5-13-24-14-16-25(17-15-24)20-22-10-4-11-23-20/h4,10-11,18H,1-3,5-9,12-17H2,(H,21,26). The molecule has 0 unspecified atom stereocenters. The molecular weight excluding hydrogens is 326 g/mol. The van der Waals surface area contributed by atoms with Crippen LogP contribution in [0, 0.1) is 5.92 Å². The fourth-order valence-corrected chi connectivity index (χ4v) is 4.06. The Morgan fingerprint density at radius 1 is 1.08 bits per heavy atom. The highest BCUT2D eigenvalue weighted by Gasteiger charge is 2.18. The molecule has 1 aliphatic heterocycles. The highest BCUT2D eigenvalue weighted by molar-refractivity contribution is 5.75. The molecule has 6 heteroatoms. The largest absolute Gasteiger partial charge is 0.356 e. The van der Waals surface area contributed by atoms with Crippen molar-refractivity contribution in [2.45, 2.75) is 51.4 Å². The van der Waals surface area contributed by atoms with Crippen molar-refractivity contribution in [2.75, 3.05) is 44.2 Å². The summed E-state index contributed by atoms with van der Waals surface area (Å²) in [6.45, 7) is 5.86. The maximum absolute atomic E-state index is 12.0. The topological polar surface area (TPSA) is 61.4 Å². The van der Waals surface area contributed by atoms with Crippen LogP contribution in [0.5, 0.6) is 0 Å². The molecular formula is C20H33N5O. The number of nitrogens with one attached hydrogen (secondary N) is 1. The molecule has 6 nitrogen and oxygen atoms in total. The minimum Gasteiger partial charge on any atom is -0.356 e. The number of aromatic nitrogens is 2. The Morgan fingerprint density at radius 3 is 2.54 bits per heavy atom. The Hall–Kier alpha value is -1.69. The summed E-state index contributed by atoms with van der Waals surface area (Å²) >= 11 is 0. The normalized spacial score (nSPS) is 19.5. The molecule has 0 atom stereocenters. The maximum Gasteiger partial charge on any atom is 0.225 e. The molecule has 1 aliphatic carbocycles. The molecule has 1 amide bonds. The molecule has 0 bridgehead atoms. The number of amides is 1. The van der Waals surface area contributed by atoms with Crippen molar-refractivity contribution < 1.29 is 4.79 Å². The van der Waals surface area contributed by atoms with Crippen LogP contribution in [-0.4, -0.2) is 60.0 Å². The third kappa shape index (κ3) is 6.24. The van der Waals surface area contributed by atoms with Gasteiger partial charge in [0.25, 0.3) is 0 Å². The monoisotopic (exact) mass is 359 g/mol. The second-order valence-electron chi connectivity index (χ2n) is 7.62. The first kappa shape index (κ1) is 19.1. The average Bonchev–Trinajstić information content (AvgIpc) is 2.71. The van der Waals surface area contributed by atoms with E-state index in [0.717, 1.165) is 64.0 Å². The molecule has 144 valence electrons. The van der Waals surface area contributed by atoms with Crippen LogP contribution in [0.1, 0.15) is 51.4 Å². The van der Waals surface area contributed by atoms with Crippen molar-refractivity contribution in [3.05, 3.63) is 18.5 Å². The van der Waals surface area contributed by atoms with E-state index < -0.39 is 0 Å². The summed E-state index contributed by atoms with van der Waals surface area (Å²) < 4.78 is 0. The van der Waals surface area contributed by atoms with E-state index >= 15 is 0 Å². The number of hydrogen-bond donors (Lipinski definition) is 1. The Morgan fingerprint density at radius 2 is 1.81 bits per heavy atom. The van der Waals surface area contributed by atoms with Crippen molar-refractivity contribution >= 4 is 11.9 Å². The average molecular weight is 360 g/mol. The van der Waals surface area contributed by atoms with Crippen LogP contribution in [0.3, 0.4) is 0 Å². The first-order valence-electron chi connectivity index (χ1n) is 10.3. The molecule has 2 fully saturated rings. The summed E-state index contributed by atoms with van der Waals surface area (Å²) in [6.07, 6.45) is 13.2. The number of carbonyl (C=O) groups is 1. The zero-order valence-electron chi connectivity index (χ0n) is 15.9. The van der Waals surface area contributed by atoms with Gasteiger partial charge < -0.3 is 10.2 Å². The van der Waals surface area contributed by atoms with Crippen molar-refractivity contribution in [1.29, 1.82) is 0 Å². The third-order valence-electron chi connectivity index (χ3n) is 5.68. The molecule has 1 aromatic heterocycles. The van der Waals surface area contributed by atoms with E-state index in [4.69, 9.17) is 0 Å². The number of carbonyl (C=O) groups excluding carboxylic acids is 1. The fraction of sp³-hybridized carbons (Fsp3) is 0.750. The Labute approximate surface area is 157 Å². The second-order valence-corrected chi connectivity index (χ2v) is 7.62. The van der Waals surface area contributed by atoms with E-state index in [9.17, 15) is 4.79 Å². The third-order valence-corrected chi connectivity index (χ3v) is 5.68. The van der Waals surface area contributed by atoms with Gasteiger partial charge in [-0.1, -0.05) is 32.1 Å². The quantitative estimate of drug-likeness (QED) is 0.723. The molecule has 1 saturated heterocycles. The van der Waals surface area contributed by atoms with Crippen LogP contribution in [0.15, 0.2) is 18.5 Å². The van der Waals surface area contributed by atoms with Crippen LogP contribution in [0.25, 0.3) is 0 Å². The van der Waals surface area contributed by atoms with E-state index in [0.29, 0.717) is 6.42 Å². The molecule has 0 spiro atoms. The highest BCUT2D eigenvalue weighted by atomic mass is 16.1. The number of rotatable bonds is 8. The minimum absolute atomic E-state index is 0.238. The molecule has 1 aromatic rings. The number of hydrogen-bond acceptors (Lipinski definition) is 5. The summed E-state index contributed by atoms with van der Waals surface area (Å²) in [5, 5.41) is 3.10. The van der Waals surface area contributed by atoms with E-state index in [2.05, 4.69) is 25.1 Å². The van der Waals surface area contributed by atoms with Crippen molar-refractivity contribution in [3.63, 3.8) is 0 Å². The summed E-state index contributed by atoms with van der Waals surface area (Å²) in [7, 11) is 0. The van der Waals surface area contributed by atoms with Gasteiger partial charge >= 0.3 is 0 Å². The van der Waals surface area contributed by atoms with Crippen LogP contribution < -0.4 is 10.2 Å². The minimum atomic E-state index is 0.238. The zero-order valence-corrected chi connectivity index (χ0v) is 15.9. The van der Waals surface area contributed by atoms with E-state index in [1.165, 1.54) is 32.1 Å². The number of nitrogens with zero attached hydrogens (tertiary/aromatic N) is 4. The number of anilines is 1. The molecule has 3 rings (SSSR count). The Bertz CT molecular complexity index is 524. The van der Waals surface area contributed by atoms with Gasteiger partial charge in [-0.15, -0.1) is 0 Å². The van der Waals surface area contributed by atoms with Gasteiger partial charge in [-0.2, -0.15) is 0 Å². The SMILES string of the molecule is O=C(CCC1CCCCC1)NCCCN1CCN(c2ncccn2)CC1. The predicted molar refractivity (Wildman–Crippen MR) is 104 cm³/mol. The molecule has 2 aliphatic rings. The van der Waals surface area contributed by atoms with Gasteiger partial charge in [-0.25, -0.2) is 9.97 Å². The van der Waals surface area contributed by atoms with Gasteiger partial charge in [0.1, 0.15) is 0 Å². The molecule has 0 radical (unpaired) electrons. The van der Waals surface area contributed by atoms with Crippen LogP contribution >= 0.6 is 0 Å². The Balaban J connectivity index is 1.22.